The Bertz CT molecular complexity index is 1230. The Morgan fingerprint density at radius 2 is 1.63 bits per heavy atom. The first-order valence-electron chi connectivity index (χ1n) is 9.41. The van der Waals surface area contributed by atoms with Gasteiger partial charge in [0.05, 0.1) is 16.8 Å². The van der Waals surface area contributed by atoms with E-state index in [1.807, 2.05) is 54.6 Å². The Morgan fingerprint density at radius 1 is 0.900 bits per heavy atom. The number of anilines is 1. The molecular weight excluding hydrogens is 398 g/mol. The fourth-order valence-electron chi connectivity index (χ4n) is 3.17. The highest BCUT2D eigenvalue weighted by molar-refractivity contribution is 8.00. The second kappa shape index (κ2) is 8.04. The Hall–Kier alpha value is -3.58. The largest absolute Gasteiger partial charge is 0.454 e. The molecule has 0 aliphatic carbocycles. The second-order valence-electron chi connectivity index (χ2n) is 6.64. The van der Waals surface area contributed by atoms with E-state index in [4.69, 9.17) is 19.4 Å². The molecule has 1 aliphatic heterocycles. The molecule has 1 N–H and O–H groups in total. The summed E-state index contributed by atoms with van der Waals surface area (Å²) in [7, 11) is 0. The Morgan fingerprint density at radius 3 is 2.47 bits per heavy atom. The number of thioether (sulfide) groups is 1. The Labute approximate surface area is 177 Å². The molecule has 0 saturated heterocycles. The van der Waals surface area contributed by atoms with Crippen molar-refractivity contribution in [2.24, 2.45) is 0 Å². The van der Waals surface area contributed by atoms with Crippen LogP contribution in [-0.2, 0) is 4.79 Å². The number of carbonyl (C=O) groups is 1. The number of amides is 1. The SMILES string of the molecule is O=C(CSc1nc2ccccc2nc1-c1ccccc1)Nc1ccc2c(c1)OCO2. The molecule has 0 bridgehead atoms. The molecule has 2 heterocycles. The number of rotatable bonds is 5. The third kappa shape index (κ3) is 3.79. The fourth-order valence-corrected chi connectivity index (χ4v) is 3.98. The van der Waals surface area contributed by atoms with Crippen LogP contribution in [0.2, 0.25) is 0 Å². The molecule has 1 amide bonds. The zero-order valence-electron chi connectivity index (χ0n) is 15.9. The highest BCUT2D eigenvalue weighted by Gasteiger charge is 2.16. The molecule has 6 nitrogen and oxygen atoms in total. The van der Waals surface area contributed by atoms with Gasteiger partial charge in [-0.2, -0.15) is 0 Å². The van der Waals surface area contributed by atoms with E-state index in [0.717, 1.165) is 27.3 Å². The first-order valence-corrected chi connectivity index (χ1v) is 10.4. The van der Waals surface area contributed by atoms with Gasteiger partial charge in [-0.25, -0.2) is 9.97 Å². The van der Waals surface area contributed by atoms with Crippen LogP contribution in [0.1, 0.15) is 0 Å². The number of carbonyl (C=O) groups excluding carboxylic acids is 1. The van der Waals surface area contributed by atoms with Gasteiger partial charge in [-0.3, -0.25) is 4.79 Å². The van der Waals surface area contributed by atoms with Crippen molar-refractivity contribution in [1.82, 2.24) is 9.97 Å². The van der Waals surface area contributed by atoms with Gasteiger partial charge in [0, 0.05) is 17.3 Å². The van der Waals surface area contributed by atoms with E-state index in [1.54, 1.807) is 18.2 Å². The first-order chi connectivity index (χ1) is 14.8. The number of ether oxygens (including phenoxy) is 2. The molecule has 7 heteroatoms. The summed E-state index contributed by atoms with van der Waals surface area (Å²) >= 11 is 1.37. The van der Waals surface area contributed by atoms with Gasteiger partial charge < -0.3 is 14.8 Å². The number of hydrogen-bond donors (Lipinski definition) is 1. The second-order valence-corrected chi connectivity index (χ2v) is 7.60. The van der Waals surface area contributed by atoms with Crippen LogP contribution in [0.15, 0.2) is 77.8 Å². The predicted octanol–water partition coefficient (Wildman–Crippen LogP) is 4.76. The molecular formula is C23H17N3O3S. The van der Waals surface area contributed by atoms with E-state index >= 15 is 0 Å². The Balaban J connectivity index is 1.37. The Kier molecular flexibility index (Phi) is 4.94. The third-order valence-electron chi connectivity index (χ3n) is 4.58. The lowest BCUT2D eigenvalue weighted by Gasteiger charge is -2.10. The summed E-state index contributed by atoms with van der Waals surface area (Å²) < 4.78 is 10.7. The molecule has 0 fully saturated rings. The van der Waals surface area contributed by atoms with E-state index in [-0.39, 0.29) is 18.5 Å². The quantitative estimate of drug-likeness (QED) is 0.474. The molecule has 0 atom stereocenters. The van der Waals surface area contributed by atoms with Crippen molar-refractivity contribution in [2.45, 2.75) is 5.03 Å². The third-order valence-corrected chi connectivity index (χ3v) is 5.55. The molecule has 0 spiro atoms. The van der Waals surface area contributed by atoms with Crippen LogP contribution in [0.5, 0.6) is 11.5 Å². The topological polar surface area (TPSA) is 73.3 Å². The molecule has 3 aromatic carbocycles. The number of aromatic nitrogens is 2. The minimum absolute atomic E-state index is 0.132. The maximum absolute atomic E-state index is 12.5. The molecule has 5 rings (SSSR count). The maximum Gasteiger partial charge on any atom is 0.234 e. The molecule has 0 saturated carbocycles. The van der Waals surface area contributed by atoms with Crippen LogP contribution < -0.4 is 14.8 Å². The highest BCUT2D eigenvalue weighted by atomic mass is 32.2. The van der Waals surface area contributed by atoms with Gasteiger partial charge >= 0.3 is 0 Å². The minimum Gasteiger partial charge on any atom is -0.454 e. The molecule has 0 radical (unpaired) electrons. The average Bonchev–Trinajstić information content (AvgIpc) is 3.25. The van der Waals surface area contributed by atoms with Crippen molar-refractivity contribution in [3.8, 4) is 22.8 Å². The number of nitrogens with one attached hydrogen (secondary N) is 1. The summed E-state index contributed by atoms with van der Waals surface area (Å²) in [5, 5.41) is 3.62. The number of benzene rings is 3. The van der Waals surface area contributed by atoms with E-state index < -0.39 is 0 Å². The van der Waals surface area contributed by atoms with Crippen LogP contribution in [-0.4, -0.2) is 28.4 Å². The average molecular weight is 415 g/mol. The molecule has 0 unspecified atom stereocenters. The van der Waals surface area contributed by atoms with E-state index in [1.165, 1.54) is 11.8 Å². The lowest BCUT2D eigenvalue weighted by Crippen LogP contribution is -2.14. The highest BCUT2D eigenvalue weighted by Crippen LogP contribution is 2.34. The van der Waals surface area contributed by atoms with Gasteiger partial charge in [0.15, 0.2) is 11.5 Å². The van der Waals surface area contributed by atoms with Gasteiger partial charge in [0.25, 0.3) is 0 Å². The monoisotopic (exact) mass is 415 g/mol. The van der Waals surface area contributed by atoms with Crippen molar-refractivity contribution in [1.29, 1.82) is 0 Å². The van der Waals surface area contributed by atoms with Crippen LogP contribution in [0, 0.1) is 0 Å². The lowest BCUT2D eigenvalue weighted by molar-refractivity contribution is -0.113. The van der Waals surface area contributed by atoms with Crippen molar-refractivity contribution in [3.05, 3.63) is 72.8 Å². The summed E-state index contributed by atoms with van der Waals surface area (Å²) in [6.07, 6.45) is 0. The molecule has 148 valence electrons. The lowest BCUT2D eigenvalue weighted by atomic mass is 10.1. The molecule has 1 aromatic heterocycles. The van der Waals surface area contributed by atoms with Crippen molar-refractivity contribution >= 4 is 34.4 Å². The standard InChI is InChI=1S/C23H17N3O3S/c27-21(24-16-10-11-19-20(12-16)29-14-28-19)13-30-23-22(15-6-2-1-3-7-15)25-17-8-4-5-9-18(17)26-23/h1-12H,13-14H2,(H,24,27). The summed E-state index contributed by atoms with van der Waals surface area (Å²) in [6, 6.07) is 23.0. The molecule has 30 heavy (non-hydrogen) atoms. The van der Waals surface area contributed by atoms with Crippen LogP contribution in [0.25, 0.3) is 22.3 Å². The number of para-hydroxylation sites is 2. The van der Waals surface area contributed by atoms with Crippen molar-refractivity contribution in [2.75, 3.05) is 17.9 Å². The van der Waals surface area contributed by atoms with Gasteiger partial charge in [-0.1, -0.05) is 54.2 Å². The van der Waals surface area contributed by atoms with E-state index in [2.05, 4.69) is 5.32 Å². The number of hydrogen-bond acceptors (Lipinski definition) is 6. The first kappa shape index (κ1) is 18.4. The zero-order valence-corrected chi connectivity index (χ0v) is 16.7. The van der Waals surface area contributed by atoms with E-state index in [9.17, 15) is 4.79 Å². The normalized spacial score (nSPS) is 12.1. The fraction of sp³-hybridized carbons (Fsp3) is 0.0870. The maximum atomic E-state index is 12.5. The summed E-state index contributed by atoms with van der Waals surface area (Å²) in [5.41, 5.74) is 4.03. The van der Waals surface area contributed by atoms with Gasteiger partial charge in [0.1, 0.15) is 10.7 Å². The molecule has 4 aromatic rings. The predicted molar refractivity (Wildman–Crippen MR) is 117 cm³/mol. The van der Waals surface area contributed by atoms with Gasteiger partial charge in [0.2, 0.25) is 12.7 Å². The van der Waals surface area contributed by atoms with Gasteiger partial charge in [-0.05, 0) is 24.3 Å². The molecule has 1 aliphatic rings. The number of nitrogens with zero attached hydrogens (tertiary/aromatic N) is 2. The van der Waals surface area contributed by atoms with Crippen molar-refractivity contribution in [3.63, 3.8) is 0 Å². The van der Waals surface area contributed by atoms with E-state index in [0.29, 0.717) is 17.2 Å². The van der Waals surface area contributed by atoms with Gasteiger partial charge in [-0.15, -0.1) is 0 Å². The smallest absolute Gasteiger partial charge is 0.234 e. The summed E-state index contributed by atoms with van der Waals surface area (Å²) in [6.45, 7) is 0.200. The van der Waals surface area contributed by atoms with Crippen molar-refractivity contribution < 1.29 is 14.3 Å². The summed E-state index contributed by atoms with van der Waals surface area (Å²) in [4.78, 5) is 22.1. The van der Waals surface area contributed by atoms with Crippen LogP contribution in [0.4, 0.5) is 5.69 Å². The summed E-state index contributed by atoms with van der Waals surface area (Å²) in [5.74, 6) is 1.39. The van der Waals surface area contributed by atoms with Crippen LogP contribution in [0.3, 0.4) is 0 Å². The number of fused-ring (bicyclic) bond motifs is 2. The van der Waals surface area contributed by atoms with Crippen LogP contribution >= 0.6 is 11.8 Å². The minimum atomic E-state index is -0.132. The zero-order chi connectivity index (χ0) is 20.3.